The van der Waals surface area contributed by atoms with Crippen molar-refractivity contribution in [1.82, 2.24) is 6.15 Å². The molecule has 356 valence electrons. The number of hydrogen-bond donors (Lipinski definition) is 1. The fraction of sp³-hybridized carbons (Fsp3) is 0.310. The minimum absolute atomic E-state index is 0. The van der Waals surface area contributed by atoms with Crippen molar-refractivity contribution in [2.24, 2.45) is 0 Å². The van der Waals surface area contributed by atoms with Crippen LogP contribution in [0.3, 0.4) is 0 Å². The first-order valence-corrected chi connectivity index (χ1v) is 25.7. The van der Waals surface area contributed by atoms with Crippen LogP contribution in [0, 0.1) is 32.7 Å². The number of nitrogens with zero attached hydrogens (tertiary/aromatic N) is 3. The third-order valence-corrected chi connectivity index (χ3v) is 12.9. The van der Waals surface area contributed by atoms with E-state index in [1.165, 1.54) is 49.2 Å². The van der Waals surface area contributed by atoms with Crippen LogP contribution in [0.4, 0.5) is 0 Å². The van der Waals surface area contributed by atoms with Gasteiger partial charge in [0.05, 0.1) is 10.5 Å². The second-order valence-electron chi connectivity index (χ2n) is 16.4. The van der Waals surface area contributed by atoms with Crippen molar-refractivity contribution in [3.8, 4) is 12.1 Å². The second kappa shape index (κ2) is 33.4. The van der Waals surface area contributed by atoms with Gasteiger partial charge in [0, 0.05) is 20.7 Å². The molecule has 0 aliphatic heterocycles. The molecule has 0 unspecified atom stereocenters. The molecule has 0 saturated carbocycles. The van der Waals surface area contributed by atoms with Crippen LogP contribution in [0.25, 0.3) is 15.6 Å². The SMILES string of the molecule is BrCCCCCCCCBr.N.O=[N+]([O-])C=C(c1ccccc1)c1ccccc1.[O-][N+]#CC(CCCCCCCCC(C#[N+][O-])(c1ccccc1)c1ccccc1)(c1ccccc1)c1ccccc1. The lowest BCUT2D eigenvalue weighted by molar-refractivity contribution is -0.401. The second-order valence-corrected chi connectivity index (χ2v) is 17.9. The predicted octanol–water partition coefficient (Wildman–Crippen LogP) is 17.4. The van der Waals surface area contributed by atoms with E-state index in [4.69, 9.17) is 0 Å². The van der Waals surface area contributed by atoms with Gasteiger partial charge in [-0.15, -0.1) is 0 Å². The average molecular weight is 1040 g/mol. The molecule has 0 spiro atoms. The number of unbranched alkanes of at least 4 members (excludes halogenated alkanes) is 10. The normalized spacial score (nSPS) is 10.4. The maximum Gasteiger partial charge on any atom is 0.314 e. The summed E-state index contributed by atoms with van der Waals surface area (Å²) in [6.45, 7) is 0. The summed E-state index contributed by atoms with van der Waals surface area (Å²) in [5.74, 6) is 0. The van der Waals surface area contributed by atoms with E-state index in [-0.39, 0.29) is 6.15 Å². The number of halogens is 2. The van der Waals surface area contributed by atoms with Crippen molar-refractivity contribution in [3.63, 3.8) is 0 Å². The molecule has 68 heavy (non-hydrogen) atoms. The first kappa shape index (κ1) is 56.3. The Kier molecular flexibility index (Phi) is 27.7. The first-order valence-electron chi connectivity index (χ1n) is 23.4. The molecular formula is C58H66Br2N4O4. The molecule has 6 rings (SSSR count). The van der Waals surface area contributed by atoms with Gasteiger partial charge in [0.25, 0.3) is 0 Å². The smallest absolute Gasteiger partial charge is 0.314 e. The lowest BCUT2D eigenvalue weighted by Crippen LogP contribution is -2.26. The molecular weight excluding hydrogens is 976 g/mol. The van der Waals surface area contributed by atoms with Crippen molar-refractivity contribution in [3.05, 3.63) is 252 Å². The fourth-order valence-electron chi connectivity index (χ4n) is 8.37. The molecule has 0 aromatic heterocycles. The molecule has 0 aliphatic rings. The van der Waals surface area contributed by atoms with Crippen molar-refractivity contribution in [2.45, 2.75) is 101 Å². The van der Waals surface area contributed by atoms with Gasteiger partial charge < -0.3 is 16.6 Å². The van der Waals surface area contributed by atoms with Crippen LogP contribution in [0.1, 0.15) is 123 Å². The Morgan fingerprint density at radius 2 is 0.691 bits per heavy atom. The molecule has 10 heteroatoms. The molecule has 0 aliphatic carbocycles. The summed E-state index contributed by atoms with van der Waals surface area (Å²) in [5.41, 5.74) is 5.16. The van der Waals surface area contributed by atoms with Crippen LogP contribution in [0.2, 0.25) is 0 Å². The van der Waals surface area contributed by atoms with Gasteiger partial charge in [-0.1, -0.05) is 278 Å². The summed E-state index contributed by atoms with van der Waals surface area (Å²) < 4.78 is 0. The van der Waals surface area contributed by atoms with Crippen molar-refractivity contribution in [2.75, 3.05) is 10.7 Å². The zero-order valence-corrected chi connectivity index (χ0v) is 42.3. The highest BCUT2D eigenvalue weighted by Crippen LogP contribution is 2.39. The van der Waals surface area contributed by atoms with Gasteiger partial charge in [0.2, 0.25) is 6.20 Å². The van der Waals surface area contributed by atoms with Crippen molar-refractivity contribution in [1.29, 1.82) is 0 Å². The van der Waals surface area contributed by atoms with Gasteiger partial charge >= 0.3 is 12.1 Å². The summed E-state index contributed by atoms with van der Waals surface area (Å²) in [7, 11) is 0. The molecule has 0 fully saturated rings. The van der Waals surface area contributed by atoms with Crippen LogP contribution in [-0.2, 0) is 10.8 Å². The van der Waals surface area contributed by atoms with E-state index in [2.05, 4.69) is 103 Å². The van der Waals surface area contributed by atoms with Gasteiger partial charge in [0.15, 0.2) is 10.8 Å². The van der Waals surface area contributed by atoms with Crippen LogP contribution in [0.5, 0.6) is 0 Å². The Morgan fingerprint density at radius 3 is 0.941 bits per heavy atom. The molecule has 3 N–H and O–H groups in total. The molecule has 0 saturated heterocycles. The minimum atomic E-state index is -0.650. The number of alkyl halides is 2. The Hall–Kier alpha value is -6.04. The lowest BCUT2D eigenvalue weighted by atomic mass is 9.72. The fourth-order valence-corrected chi connectivity index (χ4v) is 9.16. The molecule has 6 aromatic carbocycles. The summed E-state index contributed by atoms with van der Waals surface area (Å²) in [6.07, 6.45) is 17.1. The van der Waals surface area contributed by atoms with Gasteiger partial charge in [-0.25, -0.2) is 0 Å². The highest BCUT2D eigenvalue weighted by molar-refractivity contribution is 9.09. The quantitative estimate of drug-likeness (QED) is 0.0295. The largest absolute Gasteiger partial charge is 0.498 e. The number of benzene rings is 6. The first-order chi connectivity index (χ1) is 32.9. The highest BCUT2D eigenvalue weighted by Gasteiger charge is 2.39. The predicted molar refractivity (Wildman–Crippen MR) is 293 cm³/mol. The molecule has 6 aromatic rings. The lowest BCUT2D eigenvalue weighted by Gasteiger charge is -2.25. The molecule has 0 radical (unpaired) electrons. The summed E-state index contributed by atoms with van der Waals surface area (Å²) in [6, 6.07) is 64.9. The maximum atomic E-state index is 11.5. The standard InChI is InChI=1S/C36H36N2O2.C14H11NO2.C8H16Br2.H3N/c39-37-29-35(31-19-9-5-10-20-31,32-21-11-6-12-22-32)27-17-3-1-2-4-18-28-36(30-38-40,33-23-13-7-14-24-33)34-25-15-8-16-26-34;16-15(17)11-14(12-7-3-1-4-8-12)13-9-5-2-6-10-13;9-7-5-3-1-2-4-6-8-10;/h5-16,19-26H,1-4,17-18,27-28H2;1-11H;1-8H2;1H3. The molecule has 0 atom stereocenters. The Bertz CT molecular complexity index is 2160. The van der Waals surface area contributed by atoms with E-state index < -0.39 is 15.8 Å². The van der Waals surface area contributed by atoms with Gasteiger partial charge in [-0.2, -0.15) is 0 Å². The maximum absolute atomic E-state index is 11.5. The monoisotopic (exact) mass is 1040 g/mol. The van der Waals surface area contributed by atoms with E-state index in [9.17, 15) is 20.5 Å². The van der Waals surface area contributed by atoms with Crippen molar-refractivity contribution >= 4 is 37.4 Å². The van der Waals surface area contributed by atoms with Gasteiger partial charge in [-0.05, 0) is 59.1 Å². The average Bonchev–Trinajstić information content (AvgIpc) is 3.38. The third kappa shape index (κ3) is 18.6. The minimum Gasteiger partial charge on any atom is -0.498 e. The van der Waals surface area contributed by atoms with Crippen LogP contribution >= 0.6 is 31.9 Å². The van der Waals surface area contributed by atoms with E-state index >= 15 is 0 Å². The third-order valence-electron chi connectivity index (χ3n) is 11.8. The Balaban J connectivity index is 0.000000358. The Labute approximate surface area is 421 Å². The zero-order chi connectivity index (χ0) is 47.7. The highest BCUT2D eigenvalue weighted by atomic mass is 79.9. The van der Waals surface area contributed by atoms with Gasteiger partial charge in [0.1, 0.15) is 0 Å². The zero-order valence-electron chi connectivity index (χ0n) is 39.1. The Morgan fingerprint density at radius 1 is 0.441 bits per heavy atom. The van der Waals surface area contributed by atoms with Crippen LogP contribution in [-0.4, -0.2) is 15.6 Å². The molecule has 0 heterocycles. The summed E-state index contributed by atoms with van der Waals surface area (Å²) in [5, 5.41) is 42.4. The van der Waals surface area contributed by atoms with E-state index in [0.29, 0.717) is 5.57 Å². The van der Waals surface area contributed by atoms with Crippen molar-refractivity contribution < 1.29 is 4.92 Å². The van der Waals surface area contributed by atoms with Crippen LogP contribution in [0.15, 0.2) is 188 Å². The van der Waals surface area contributed by atoms with Crippen LogP contribution < -0.4 is 6.15 Å². The summed E-state index contributed by atoms with van der Waals surface area (Å²) in [4.78, 5) is 10.3. The van der Waals surface area contributed by atoms with E-state index in [1.807, 2.05) is 133 Å². The van der Waals surface area contributed by atoms with E-state index in [0.717, 1.165) is 90.9 Å². The van der Waals surface area contributed by atoms with Gasteiger partial charge in [-0.3, -0.25) is 10.1 Å². The number of hydrogen-bond acceptors (Lipinski definition) is 5. The van der Waals surface area contributed by atoms with E-state index in [1.54, 1.807) is 0 Å². The topological polar surface area (TPSA) is 133 Å². The summed E-state index contributed by atoms with van der Waals surface area (Å²) >= 11 is 6.85. The molecule has 0 amide bonds. The molecule has 0 bridgehead atoms. The molecule has 8 nitrogen and oxygen atoms in total. The number of nitro groups is 1. The number of rotatable bonds is 23.